The second-order valence-corrected chi connectivity index (χ2v) is 6.32. The van der Waals surface area contributed by atoms with Crippen molar-refractivity contribution in [1.29, 1.82) is 0 Å². The van der Waals surface area contributed by atoms with Gasteiger partial charge in [-0.05, 0) is 23.7 Å². The molecular formula is C13H25NO3. The first kappa shape index (κ1) is 14.5. The fraction of sp³-hybridized carbons (Fsp3) is 0.923. The van der Waals surface area contributed by atoms with E-state index in [9.17, 15) is 4.79 Å². The Morgan fingerprint density at radius 2 is 1.76 bits per heavy atom. The van der Waals surface area contributed by atoms with Crippen LogP contribution in [0.1, 0.15) is 40.5 Å². The number of methoxy groups -OCH3 is 1. The van der Waals surface area contributed by atoms with Crippen molar-refractivity contribution < 1.29 is 14.3 Å². The number of carbonyl (C=O) groups excluding carboxylic acids is 1. The molecule has 4 heteroatoms. The van der Waals surface area contributed by atoms with Crippen molar-refractivity contribution in [3.05, 3.63) is 0 Å². The SMILES string of the molecule is COC(=O)[C@@H](N)COC1C(C)(C)CCC1(C)C. The van der Waals surface area contributed by atoms with Crippen LogP contribution < -0.4 is 5.73 Å². The molecule has 0 heterocycles. The molecule has 0 unspecified atom stereocenters. The Bertz CT molecular complexity index is 270. The second kappa shape index (κ2) is 4.94. The molecule has 0 radical (unpaired) electrons. The Hall–Kier alpha value is -0.610. The van der Waals surface area contributed by atoms with Crippen LogP contribution >= 0.6 is 0 Å². The maximum Gasteiger partial charge on any atom is 0.325 e. The predicted molar refractivity (Wildman–Crippen MR) is 66.5 cm³/mol. The second-order valence-electron chi connectivity index (χ2n) is 6.32. The van der Waals surface area contributed by atoms with Crippen molar-refractivity contribution in [2.75, 3.05) is 13.7 Å². The molecule has 1 rings (SSSR count). The van der Waals surface area contributed by atoms with Gasteiger partial charge in [-0.25, -0.2) is 0 Å². The monoisotopic (exact) mass is 243 g/mol. The van der Waals surface area contributed by atoms with Gasteiger partial charge in [-0.15, -0.1) is 0 Å². The van der Waals surface area contributed by atoms with Crippen LogP contribution in [-0.2, 0) is 14.3 Å². The third-order valence-electron chi connectivity index (χ3n) is 3.78. The summed E-state index contributed by atoms with van der Waals surface area (Å²) in [5, 5.41) is 0. The molecule has 100 valence electrons. The van der Waals surface area contributed by atoms with E-state index in [1.54, 1.807) is 0 Å². The molecule has 0 saturated heterocycles. The summed E-state index contributed by atoms with van der Waals surface area (Å²) in [6.45, 7) is 9.04. The molecule has 0 aromatic carbocycles. The van der Waals surface area contributed by atoms with Crippen LogP contribution in [0, 0.1) is 10.8 Å². The van der Waals surface area contributed by atoms with E-state index in [2.05, 4.69) is 32.4 Å². The number of rotatable bonds is 4. The lowest BCUT2D eigenvalue weighted by Crippen LogP contribution is -2.42. The van der Waals surface area contributed by atoms with Crippen molar-refractivity contribution in [2.24, 2.45) is 16.6 Å². The molecule has 1 aliphatic carbocycles. The zero-order valence-corrected chi connectivity index (χ0v) is 11.6. The first-order valence-electron chi connectivity index (χ1n) is 6.16. The minimum atomic E-state index is -0.688. The van der Waals surface area contributed by atoms with E-state index >= 15 is 0 Å². The van der Waals surface area contributed by atoms with Crippen LogP contribution in [-0.4, -0.2) is 31.8 Å². The van der Waals surface area contributed by atoms with Crippen molar-refractivity contribution >= 4 is 5.97 Å². The maximum absolute atomic E-state index is 11.2. The molecule has 0 aromatic rings. The molecule has 0 aromatic heterocycles. The van der Waals surface area contributed by atoms with Crippen molar-refractivity contribution in [3.63, 3.8) is 0 Å². The predicted octanol–water partition coefficient (Wildman–Crippen LogP) is 1.72. The van der Waals surface area contributed by atoms with Gasteiger partial charge in [0.15, 0.2) is 0 Å². The quantitative estimate of drug-likeness (QED) is 0.764. The van der Waals surface area contributed by atoms with Gasteiger partial charge in [-0.1, -0.05) is 27.7 Å². The minimum absolute atomic E-state index is 0.130. The molecule has 1 atom stereocenters. The Morgan fingerprint density at radius 3 is 2.18 bits per heavy atom. The standard InChI is InChI=1S/C13H25NO3/c1-12(2)6-7-13(3,4)11(12)17-8-9(14)10(15)16-5/h9,11H,6-8,14H2,1-5H3/t9-/m0/s1. The van der Waals surface area contributed by atoms with E-state index in [1.165, 1.54) is 7.11 Å². The van der Waals surface area contributed by atoms with E-state index < -0.39 is 12.0 Å². The molecule has 2 N–H and O–H groups in total. The van der Waals surface area contributed by atoms with E-state index in [-0.39, 0.29) is 23.5 Å². The average Bonchev–Trinajstić information content (AvgIpc) is 2.45. The van der Waals surface area contributed by atoms with Crippen LogP contribution in [0.2, 0.25) is 0 Å². The zero-order chi connectivity index (χ0) is 13.3. The summed E-state index contributed by atoms with van der Waals surface area (Å²) in [6.07, 6.45) is 2.40. The van der Waals surface area contributed by atoms with E-state index in [0.29, 0.717) is 0 Å². The Labute approximate surface area is 104 Å². The van der Waals surface area contributed by atoms with Crippen LogP contribution in [0.3, 0.4) is 0 Å². The summed E-state index contributed by atoms with van der Waals surface area (Å²) in [6, 6.07) is -0.688. The average molecular weight is 243 g/mol. The molecule has 1 aliphatic rings. The molecule has 4 nitrogen and oxygen atoms in total. The third-order valence-corrected chi connectivity index (χ3v) is 3.78. The zero-order valence-electron chi connectivity index (χ0n) is 11.6. The summed E-state index contributed by atoms with van der Waals surface area (Å²) in [5.41, 5.74) is 5.96. The molecule has 0 amide bonds. The molecular weight excluding hydrogens is 218 g/mol. The van der Waals surface area contributed by atoms with Gasteiger partial charge in [-0.2, -0.15) is 0 Å². The minimum Gasteiger partial charge on any atom is -0.468 e. The molecule has 0 spiro atoms. The summed E-state index contributed by atoms with van der Waals surface area (Å²) < 4.78 is 10.5. The summed E-state index contributed by atoms with van der Waals surface area (Å²) >= 11 is 0. The van der Waals surface area contributed by atoms with Gasteiger partial charge in [0.1, 0.15) is 6.04 Å². The Morgan fingerprint density at radius 1 is 1.29 bits per heavy atom. The Balaban J connectivity index is 2.58. The normalized spacial score (nSPS) is 24.6. The molecule has 1 fully saturated rings. The van der Waals surface area contributed by atoms with Gasteiger partial charge in [0, 0.05) is 0 Å². The van der Waals surface area contributed by atoms with Crippen LogP contribution in [0.4, 0.5) is 0 Å². The number of esters is 1. The van der Waals surface area contributed by atoms with Gasteiger partial charge in [0.25, 0.3) is 0 Å². The number of carbonyl (C=O) groups is 1. The molecule has 1 saturated carbocycles. The highest BCUT2D eigenvalue weighted by atomic mass is 16.5. The van der Waals surface area contributed by atoms with Crippen molar-refractivity contribution in [1.82, 2.24) is 0 Å². The lowest BCUT2D eigenvalue weighted by molar-refractivity contribution is -0.146. The number of hydrogen-bond acceptors (Lipinski definition) is 4. The topological polar surface area (TPSA) is 61.5 Å². The first-order chi connectivity index (χ1) is 7.70. The van der Waals surface area contributed by atoms with Crippen LogP contribution in [0.5, 0.6) is 0 Å². The van der Waals surface area contributed by atoms with Gasteiger partial charge >= 0.3 is 5.97 Å². The van der Waals surface area contributed by atoms with E-state index in [1.807, 2.05) is 0 Å². The highest BCUT2D eigenvalue weighted by Gasteiger charge is 2.48. The molecule has 17 heavy (non-hydrogen) atoms. The fourth-order valence-electron chi connectivity index (χ4n) is 2.83. The Kier molecular flexibility index (Phi) is 4.20. The smallest absolute Gasteiger partial charge is 0.325 e. The largest absolute Gasteiger partial charge is 0.468 e. The van der Waals surface area contributed by atoms with Crippen LogP contribution in [0.15, 0.2) is 0 Å². The summed E-state index contributed by atoms with van der Waals surface area (Å²) in [7, 11) is 1.34. The fourth-order valence-corrected chi connectivity index (χ4v) is 2.83. The summed E-state index contributed by atoms with van der Waals surface area (Å²) in [4.78, 5) is 11.2. The molecule has 0 bridgehead atoms. The lowest BCUT2D eigenvalue weighted by Gasteiger charge is -2.35. The van der Waals surface area contributed by atoms with Crippen molar-refractivity contribution in [3.8, 4) is 0 Å². The van der Waals surface area contributed by atoms with Crippen molar-refractivity contribution in [2.45, 2.75) is 52.7 Å². The number of nitrogens with two attached hydrogens (primary N) is 1. The highest BCUT2D eigenvalue weighted by molar-refractivity contribution is 5.75. The number of hydrogen-bond donors (Lipinski definition) is 1. The maximum atomic E-state index is 11.2. The van der Waals surface area contributed by atoms with Gasteiger partial charge in [-0.3, -0.25) is 4.79 Å². The third kappa shape index (κ3) is 3.19. The van der Waals surface area contributed by atoms with E-state index in [4.69, 9.17) is 10.5 Å². The van der Waals surface area contributed by atoms with Crippen LogP contribution in [0.25, 0.3) is 0 Å². The number of ether oxygens (including phenoxy) is 2. The van der Waals surface area contributed by atoms with Gasteiger partial charge < -0.3 is 15.2 Å². The first-order valence-corrected chi connectivity index (χ1v) is 6.16. The summed E-state index contributed by atoms with van der Waals surface area (Å²) in [5.74, 6) is -0.418. The lowest BCUT2D eigenvalue weighted by atomic mass is 9.81. The van der Waals surface area contributed by atoms with E-state index in [0.717, 1.165) is 12.8 Å². The highest BCUT2D eigenvalue weighted by Crippen LogP contribution is 2.50. The van der Waals surface area contributed by atoms with Gasteiger partial charge in [0.2, 0.25) is 0 Å². The molecule has 0 aliphatic heterocycles. The van der Waals surface area contributed by atoms with Gasteiger partial charge in [0.05, 0.1) is 19.8 Å².